The van der Waals surface area contributed by atoms with Gasteiger partial charge in [0.1, 0.15) is 11.5 Å². The van der Waals surface area contributed by atoms with Gasteiger partial charge in [0.25, 0.3) is 5.91 Å². The first-order valence-electron chi connectivity index (χ1n) is 6.81. The minimum atomic E-state index is -0.961. The molecule has 2 aromatic rings. The molecular weight excluding hydrogens is 287 g/mol. The van der Waals surface area contributed by atoms with Gasteiger partial charge in [0, 0.05) is 13.1 Å². The molecule has 0 unspecified atom stereocenters. The number of nitrogens with zero attached hydrogens (tertiary/aromatic N) is 2. The number of carbonyl (C=O) groups is 2. The first kappa shape index (κ1) is 14.2. The largest absolute Gasteiger partial charge is 0.478 e. The SMILES string of the molecule is O=C(O)c1cccc2c1CCN(C(=O)c1ccc(F)cn1)C2. The summed E-state index contributed by atoms with van der Waals surface area (Å²) in [6, 6.07) is 7.60. The first-order chi connectivity index (χ1) is 10.6. The number of amides is 1. The fraction of sp³-hybridized carbons (Fsp3) is 0.188. The van der Waals surface area contributed by atoms with Crippen molar-refractivity contribution in [1.29, 1.82) is 0 Å². The Morgan fingerprint density at radius 1 is 1.23 bits per heavy atom. The number of carboxylic acid groups (broad SMARTS) is 1. The molecule has 5 nitrogen and oxygen atoms in total. The maximum absolute atomic E-state index is 12.9. The van der Waals surface area contributed by atoms with E-state index in [2.05, 4.69) is 4.98 Å². The lowest BCUT2D eigenvalue weighted by Gasteiger charge is -2.29. The predicted octanol–water partition coefficient (Wildman–Crippen LogP) is 2.12. The zero-order chi connectivity index (χ0) is 15.7. The number of hydrogen-bond donors (Lipinski definition) is 1. The van der Waals surface area contributed by atoms with Crippen LogP contribution in [0.25, 0.3) is 0 Å². The minimum absolute atomic E-state index is 0.180. The summed E-state index contributed by atoms with van der Waals surface area (Å²) in [6.07, 6.45) is 1.48. The third kappa shape index (κ3) is 2.55. The maximum atomic E-state index is 12.9. The van der Waals surface area contributed by atoms with Crippen LogP contribution >= 0.6 is 0 Å². The third-order valence-electron chi connectivity index (χ3n) is 3.73. The van der Waals surface area contributed by atoms with Crippen LogP contribution < -0.4 is 0 Å². The van der Waals surface area contributed by atoms with Gasteiger partial charge in [-0.3, -0.25) is 4.79 Å². The molecule has 1 amide bonds. The lowest BCUT2D eigenvalue weighted by Crippen LogP contribution is -2.37. The fourth-order valence-electron chi connectivity index (χ4n) is 2.65. The number of carbonyl (C=O) groups excluding carboxylic acids is 1. The molecule has 1 aromatic heterocycles. The van der Waals surface area contributed by atoms with E-state index in [9.17, 15) is 19.1 Å². The van der Waals surface area contributed by atoms with E-state index in [1.54, 1.807) is 17.0 Å². The van der Waals surface area contributed by atoms with E-state index in [4.69, 9.17) is 0 Å². The number of aromatic nitrogens is 1. The summed E-state index contributed by atoms with van der Waals surface area (Å²) in [4.78, 5) is 29.0. The van der Waals surface area contributed by atoms with Gasteiger partial charge in [0.2, 0.25) is 0 Å². The van der Waals surface area contributed by atoms with Crippen molar-refractivity contribution in [1.82, 2.24) is 9.88 Å². The summed E-state index contributed by atoms with van der Waals surface area (Å²) >= 11 is 0. The topological polar surface area (TPSA) is 70.5 Å². The van der Waals surface area contributed by atoms with Crippen LogP contribution in [0.1, 0.15) is 32.0 Å². The standard InChI is InChI=1S/C16H13FN2O3/c17-11-4-5-14(18-8-11)15(20)19-7-6-12-10(9-19)2-1-3-13(12)16(21)22/h1-5,8H,6-7,9H2,(H,21,22). The molecule has 0 atom stereocenters. The van der Waals surface area contributed by atoms with Crippen molar-refractivity contribution in [2.75, 3.05) is 6.54 Å². The number of aromatic carboxylic acids is 1. The molecule has 0 fully saturated rings. The maximum Gasteiger partial charge on any atom is 0.335 e. The quantitative estimate of drug-likeness (QED) is 0.922. The minimum Gasteiger partial charge on any atom is -0.478 e. The first-order valence-corrected chi connectivity index (χ1v) is 6.81. The van der Waals surface area contributed by atoms with Crippen LogP contribution in [-0.4, -0.2) is 33.4 Å². The van der Waals surface area contributed by atoms with Gasteiger partial charge < -0.3 is 10.0 Å². The van der Waals surface area contributed by atoms with Crippen LogP contribution in [0.15, 0.2) is 36.5 Å². The molecule has 1 N–H and O–H groups in total. The van der Waals surface area contributed by atoms with Crippen LogP contribution in [0, 0.1) is 5.82 Å². The lowest BCUT2D eigenvalue weighted by molar-refractivity contribution is 0.0694. The summed E-state index contributed by atoms with van der Waals surface area (Å²) in [7, 11) is 0. The van der Waals surface area contributed by atoms with Crippen LogP contribution in [0.3, 0.4) is 0 Å². The summed E-state index contributed by atoms with van der Waals surface area (Å²) in [5.41, 5.74) is 2.05. The van der Waals surface area contributed by atoms with Crippen molar-refractivity contribution in [3.8, 4) is 0 Å². The second-order valence-electron chi connectivity index (χ2n) is 5.09. The number of carboxylic acids is 1. The summed E-state index contributed by atoms with van der Waals surface area (Å²) in [5.74, 6) is -1.74. The summed E-state index contributed by atoms with van der Waals surface area (Å²) in [5, 5.41) is 9.19. The highest BCUT2D eigenvalue weighted by molar-refractivity contribution is 5.93. The zero-order valence-corrected chi connectivity index (χ0v) is 11.6. The van der Waals surface area contributed by atoms with Crippen molar-refractivity contribution in [3.05, 3.63) is 64.7 Å². The molecule has 6 heteroatoms. The second kappa shape index (κ2) is 5.55. The molecule has 2 heterocycles. The Morgan fingerprint density at radius 3 is 2.73 bits per heavy atom. The van der Waals surface area contributed by atoms with E-state index in [0.717, 1.165) is 17.3 Å². The number of hydrogen-bond acceptors (Lipinski definition) is 3. The number of rotatable bonds is 2. The molecule has 0 saturated heterocycles. The highest BCUT2D eigenvalue weighted by Gasteiger charge is 2.25. The molecule has 0 saturated carbocycles. The third-order valence-corrected chi connectivity index (χ3v) is 3.73. The van der Waals surface area contributed by atoms with Gasteiger partial charge in [-0.25, -0.2) is 14.2 Å². The Labute approximate surface area is 126 Å². The molecular formula is C16H13FN2O3. The molecule has 0 radical (unpaired) electrons. The smallest absolute Gasteiger partial charge is 0.335 e. The van der Waals surface area contributed by atoms with Crippen LogP contribution in [0.5, 0.6) is 0 Å². The van der Waals surface area contributed by atoms with Crippen molar-refractivity contribution < 1.29 is 19.1 Å². The summed E-state index contributed by atoms with van der Waals surface area (Å²) in [6.45, 7) is 0.740. The Hall–Kier alpha value is -2.76. The van der Waals surface area contributed by atoms with Gasteiger partial charge in [-0.1, -0.05) is 12.1 Å². The predicted molar refractivity (Wildman–Crippen MR) is 76.0 cm³/mol. The molecule has 1 aliphatic rings. The zero-order valence-electron chi connectivity index (χ0n) is 11.6. The van der Waals surface area contributed by atoms with Crippen molar-refractivity contribution >= 4 is 11.9 Å². The number of benzene rings is 1. The molecule has 0 bridgehead atoms. The van der Waals surface area contributed by atoms with Crippen molar-refractivity contribution in [2.45, 2.75) is 13.0 Å². The van der Waals surface area contributed by atoms with E-state index < -0.39 is 11.8 Å². The average Bonchev–Trinajstić information content (AvgIpc) is 2.53. The average molecular weight is 300 g/mol. The monoisotopic (exact) mass is 300 g/mol. The summed E-state index contributed by atoms with van der Waals surface area (Å²) < 4.78 is 12.9. The van der Waals surface area contributed by atoms with Gasteiger partial charge in [-0.05, 0) is 35.7 Å². The van der Waals surface area contributed by atoms with Gasteiger partial charge in [-0.15, -0.1) is 0 Å². The Morgan fingerprint density at radius 2 is 2.05 bits per heavy atom. The number of pyridine rings is 1. The normalized spacial score (nSPS) is 13.6. The molecule has 1 aromatic carbocycles. The molecule has 0 spiro atoms. The molecule has 1 aliphatic heterocycles. The highest BCUT2D eigenvalue weighted by Crippen LogP contribution is 2.23. The van der Waals surface area contributed by atoms with Crippen molar-refractivity contribution in [3.63, 3.8) is 0 Å². The van der Waals surface area contributed by atoms with Crippen LogP contribution in [0.2, 0.25) is 0 Å². The van der Waals surface area contributed by atoms with E-state index in [1.165, 1.54) is 12.1 Å². The highest BCUT2D eigenvalue weighted by atomic mass is 19.1. The molecule has 22 heavy (non-hydrogen) atoms. The molecule has 0 aliphatic carbocycles. The fourth-order valence-corrected chi connectivity index (χ4v) is 2.65. The van der Waals surface area contributed by atoms with E-state index >= 15 is 0 Å². The van der Waals surface area contributed by atoms with Crippen LogP contribution in [0.4, 0.5) is 4.39 Å². The number of halogens is 1. The van der Waals surface area contributed by atoms with Gasteiger partial charge in [0.05, 0.1) is 11.8 Å². The Bertz CT molecular complexity index is 744. The second-order valence-corrected chi connectivity index (χ2v) is 5.09. The Kier molecular flexibility index (Phi) is 3.58. The molecule has 3 rings (SSSR count). The van der Waals surface area contributed by atoms with Crippen molar-refractivity contribution in [2.24, 2.45) is 0 Å². The lowest BCUT2D eigenvalue weighted by atomic mass is 9.94. The van der Waals surface area contributed by atoms with E-state index in [0.29, 0.717) is 19.5 Å². The molecule has 112 valence electrons. The van der Waals surface area contributed by atoms with E-state index in [-0.39, 0.29) is 17.2 Å². The van der Waals surface area contributed by atoms with Gasteiger partial charge in [-0.2, -0.15) is 0 Å². The van der Waals surface area contributed by atoms with Gasteiger partial charge in [0.15, 0.2) is 0 Å². The van der Waals surface area contributed by atoms with E-state index in [1.807, 2.05) is 6.07 Å². The van der Waals surface area contributed by atoms with Gasteiger partial charge >= 0.3 is 5.97 Å². The Balaban J connectivity index is 1.85. The van der Waals surface area contributed by atoms with Crippen LogP contribution in [-0.2, 0) is 13.0 Å². The number of fused-ring (bicyclic) bond motifs is 1.